The third kappa shape index (κ3) is 4.83. The fraction of sp³-hybridized carbons (Fsp3) is 0.250. The van der Waals surface area contributed by atoms with Crippen LogP contribution in [0.5, 0.6) is 0 Å². The minimum Gasteiger partial charge on any atom is -0.330 e. The topological polar surface area (TPSA) is 55.1 Å². The summed E-state index contributed by atoms with van der Waals surface area (Å²) in [4.78, 5) is 11.4. The van der Waals surface area contributed by atoms with Gasteiger partial charge in [0.05, 0.1) is 0 Å². The van der Waals surface area contributed by atoms with Crippen molar-refractivity contribution in [2.45, 2.75) is 12.8 Å². The van der Waals surface area contributed by atoms with Crippen molar-refractivity contribution in [3.05, 3.63) is 29.8 Å². The summed E-state index contributed by atoms with van der Waals surface area (Å²) in [6.45, 7) is 0.526. The van der Waals surface area contributed by atoms with Crippen LogP contribution >= 0.6 is 12.4 Å². The molecular formula is C12H15ClN2O. The van der Waals surface area contributed by atoms with Gasteiger partial charge in [-0.25, -0.2) is 0 Å². The molecule has 0 aromatic heterocycles. The number of hydrogen-bond donors (Lipinski definition) is 2. The number of carbonyl (C=O) groups excluding carboxylic acids is 1. The SMILES string of the molecule is C#Cc1cccc(NC(=O)CCCN)c1.Cl. The average Bonchev–Trinajstić information content (AvgIpc) is 2.26. The van der Waals surface area contributed by atoms with E-state index >= 15 is 0 Å². The van der Waals surface area contributed by atoms with Crippen LogP contribution < -0.4 is 11.1 Å². The minimum absolute atomic E-state index is 0. The van der Waals surface area contributed by atoms with Crippen LogP contribution in [0.15, 0.2) is 24.3 Å². The summed E-state index contributed by atoms with van der Waals surface area (Å²) in [5, 5.41) is 2.76. The van der Waals surface area contributed by atoms with E-state index in [9.17, 15) is 4.79 Å². The zero-order valence-electron chi connectivity index (χ0n) is 8.90. The maximum Gasteiger partial charge on any atom is 0.224 e. The molecule has 0 aliphatic heterocycles. The molecule has 0 aliphatic rings. The van der Waals surface area contributed by atoms with Crippen molar-refractivity contribution < 1.29 is 4.79 Å². The molecule has 0 heterocycles. The fourth-order valence-electron chi connectivity index (χ4n) is 1.17. The molecule has 1 rings (SSSR count). The molecule has 3 N–H and O–H groups in total. The molecule has 0 unspecified atom stereocenters. The molecule has 1 aromatic carbocycles. The highest BCUT2D eigenvalue weighted by molar-refractivity contribution is 5.90. The number of terminal acetylenes is 1. The molecule has 0 atom stereocenters. The number of amides is 1. The lowest BCUT2D eigenvalue weighted by Gasteiger charge is -2.04. The Kier molecular flexibility index (Phi) is 7.02. The van der Waals surface area contributed by atoms with Gasteiger partial charge in [-0.3, -0.25) is 4.79 Å². The van der Waals surface area contributed by atoms with Gasteiger partial charge < -0.3 is 11.1 Å². The predicted octanol–water partition coefficient (Wildman–Crippen LogP) is 1.77. The van der Waals surface area contributed by atoms with Crippen LogP contribution in [0.2, 0.25) is 0 Å². The number of anilines is 1. The number of halogens is 1. The molecule has 4 heteroatoms. The van der Waals surface area contributed by atoms with Gasteiger partial charge in [0.15, 0.2) is 0 Å². The van der Waals surface area contributed by atoms with Crippen LogP contribution in [0.4, 0.5) is 5.69 Å². The Morgan fingerprint density at radius 1 is 1.50 bits per heavy atom. The fourth-order valence-corrected chi connectivity index (χ4v) is 1.17. The van der Waals surface area contributed by atoms with E-state index < -0.39 is 0 Å². The number of benzene rings is 1. The molecular weight excluding hydrogens is 224 g/mol. The second-order valence-electron chi connectivity index (χ2n) is 3.17. The predicted molar refractivity (Wildman–Crippen MR) is 68.5 cm³/mol. The van der Waals surface area contributed by atoms with Gasteiger partial charge in [-0.15, -0.1) is 18.8 Å². The van der Waals surface area contributed by atoms with Gasteiger partial charge in [-0.2, -0.15) is 0 Å². The number of rotatable bonds is 4. The van der Waals surface area contributed by atoms with Gasteiger partial charge in [0.2, 0.25) is 5.91 Å². The summed E-state index contributed by atoms with van der Waals surface area (Å²) in [5.74, 6) is 2.48. The van der Waals surface area contributed by atoms with E-state index in [-0.39, 0.29) is 18.3 Å². The Morgan fingerprint density at radius 2 is 2.25 bits per heavy atom. The van der Waals surface area contributed by atoms with Crippen LogP contribution in [0.3, 0.4) is 0 Å². The van der Waals surface area contributed by atoms with Crippen LogP contribution in [0, 0.1) is 12.3 Å². The second kappa shape index (κ2) is 7.75. The highest BCUT2D eigenvalue weighted by atomic mass is 35.5. The third-order valence-corrected chi connectivity index (χ3v) is 1.92. The van der Waals surface area contributed by atoms with Crippen molar-refractivity contribution in [3.8, 4) is 12.3 Å². The highest BCUT2D eigenvalue weighted by Crippen LogP contribution is 2.10. The normalized spacial score (nSPS) is 8.75. The van der Waals surface area contributed by atoms with E-state index in [2.05, 4.69) is 11.2 Å². The van der Waals surface area contributed by atoms with E-state index in [0.29, 0.717) is 19.4 Å². The summed E-state index contributed by atoms with van der Waals surface area (Å²) < 4.78 is 0. The summed E-state index contributed by atoms with van der Waals surface area (Å²) in [6, 6.07) is 7.20. The standard InChI is InChI=1S/C12H14N2O.ClH/c1-2-10-5-3-6-11(9-10)14-12(15)7-4-8-13;/h1,3,5-6,9H,4,7-8,13H2,(H,14,15);1H. The molecule has 3 nitrogen and oxygen atoms in total. The van der Waals surface area contributed by atoms with Crippen LogP contribution in [0.1, 0.15) is 18.4 Å². The molecule has 1 aromatic rings. The van der Waals surface area contributed by atoms with Crippen molar-refractivity contribution in [3.63, 3.8) is 0 Å². The molecule has 0 aliphatic carbocycles. The van der Waals surface area contributed by atoms with Gasteiger partial charge >= 0.3 is 0 Å². The Hall–Kier alpha value is -1.50. The third-order valence-electron chi connectivity index (χ3n) is 1.92. The van der Waals surface area contributed by atoms with Crippen LogP contribution in [-0.2, 0) is 4.79 Å². The van der Waals surface area contributed by atoms with E-state index in [1.165, 1.54) is 0 Å². The number of hydrogen-bond acceptors (Lipinski definition) is 2. The molecule has 0 spiro atoms. The maximum absolute atomic E-state index is 11.4. The van der Waals surface area contributed by atoms with E-state index in [0.717, 1.165) is 11.3 Å². The molecule has 0 saturated heterocycles. The van der Waals surface area contributed by atoms with Crippen molar-refractivity contribution >= 4 is 24.0 Å². The van der Waals surface area contributed by atoms with Gasteiger partial charge in [0.25, 0.3) is 0 Å². The van der Waals surface area contributed by atoms with Gasteiger partial charge in [-0.05, 0) is 31.2 Å². The smallest absolute Gasteiger partial charge is 0.224 e. The van der Waals surface area contributed by atoms with E-state index in [1.807, 2.05) is 12.1 Å². The Morgan fingerprint density at radius 3 is 2.88 bits per heavy atom. The van der Waals surface area contributed by atoms with Crippen molar-refractivity contribution in [1.29, 1.82) is 0 Å². The average molecular weight is 239 g/mol. The summed E-state index contributed by atoms with van der Waals surface area (Å²) >= 11 is 0. The molecule has 0 fully saturated rings. The first-order chi connectivity index (χ1) is 7.26. The maximum atomic E-state index is 11.4. The molecule has 1 amide bonds. The summed E-state index contributed by atoms with van der Waals surface area (Å²) in [7, 11) is 0. The second-order valence-corrected chi connectivity index (χ2v) is 3.17. The Labute approximate surface area is 102 Å². The Balaban J connectivity index is 0.00000225. The van der Waals surface area contributed by atoms with E-state index in [4.69, 9.17) is 12.2 Å². The first-order valence-electron chi connectivity index (χ1n) is 4.83. The van der Waals surface area contributed by atoms with Crippen molar-refractivity contribution in [2.24, 2.45) is 5.73 Å². The number of nitrogens with one attached hydrogen (secondary N) is 1. The lowest BCUT2D eigenvalue weighted by molar-refractivity contribution is -0.116. The molecule has 0 saturated carbocycles. The quantitative estimate of drug-likeness (QED) is 0.786. The van der Waals surface area contributed by atoms with Gasteiger partial charge in [0, 0.05) is 17.7 Å². The lowest BCUT2D eigenvalue weighted by Crippen LogP contribution is -2.13. The monoisotopic (exact) mass is 238 g/mol. The highest BCUT2D eigenvalue weighted by Gasteiger charge is 2.01. The first-order valence-corrected chi connectivity index (χ1v) is 4.83. The van der Waals surface area contributed by atoms with Crippen LogP contribution in [-0.4, -0.2) is 12.5 Å². The first kappa shape index (κ1) is 14.5. The molecule has 0 radical (unpaired) electrons. The van der Waals surface area contributed by atoms with Crippen molar-refractivity contribution in [1.82, 2.24) is 0 Å². The van der Waals surface area contributed by atoms with Crippen LogP contribution in [0.25, 0.3) is 0 Å². The minimum atomic E-state index is -0.0328. The summed E-state index contributed by atoms with van der Waals surface area (Å²) in [5.41, 5.74) is 6.79. The van der Waals surface area contributed by atoms with Gasteiger partial charge in [-0.1, -0.05) is 12.0 Å². The largest absolute Gasteiger partial charge is 0.330 e. The molecule has 16 heavy (non-hydrogen) atoms. The zero-order valence-corrected chi connectivity index (χ0v) is 9.72. The zero-order chi connectivity index (χ0) is 11.1. The number of carbonyl (C=O) groups is 1. The lowest BCUT2D eigenvalue weighted by atomic mass is 10.2. The number of nitrogens with two attached hydrogens (primary N) is 1. The Bertz CT molecular complexity index is 385. The summed E-state index contributed by atoms with van der Waals surface area (Å²) in [6.07, 6.45) is 6.39. The van der Waals surface area contributed by atoms with Gasteiger partial charge in [0.1, 0.15) is 0 Å². The molecule has 86 valence electrons. The molecule has 0 bridgehead atoms. The van der Waals surface area contributed by atoms with Crippen molar-refractivity contribution in [2.75, 3.05) is 11.9 Å². The van der Waals surface area contributed by atoms with E-state index in [1.54, 1.807) is 12.1 Å².